The van der Waals surface area contributed by atoms with Crippen molar-refractivity contribution in [3.63, 3.8) is 0 Å². The van der Waals surface area contributed by atoms with E-state index in [1.807, 2.05) is 12.1 Å². The van der Waals surface area contributed by atoms with Crippen molar-refractivity contribution in [2.24, 2.45) is 0 Å². The van der Waals surface area contributed by atoms with Crippen LogP contribution in [0.1, 0.15) is 32.1 Å². The lowest BCUT2D eigenvalue weighted by Gasteiger charge is -2.21. The first kappa shape index (κ1) is 10.3. The smallest absolute Gasteiger partial charge is 0.0255 e. The molecule has 0 atom stereocenters. The maximum atomic E-state index is 4.01. The largest absolute Gasteiger partial charge is 0.388 e. The van der Waals surface area contributed by atoms with Crippen molar-refractivity contribution in [2.75, 3.05) is 0 Å². The summed E-state index contributed by atoms with van der Waals surface area (Å²) in [5, 5.41) is 5.82. The van der Waals surface area contributed by atoms with E-state index >= 15 is 0 Å². The minimum absolute atomic E-state index is 0.679. The molecule has 1 N–H and O–H groups in total. The van der Waals surface area contributed by atoms with E-state index in [1.165, 1.54) is 37.3 Å². The van der Waals surface area contributed by atoms with E-state index in [9.17, 15) is 0 Å². The van der Waals surface area contributed by atoms with E-state index in [1.54, 1.807) is 0 Å². The first-order chi connectivity index (χ1) is 7.36. The molecule has 0 heterocycles. The highest BCUT2D eigenvalue weighted by molar-refractivity contribution is 5.25. The Morgan fingerprint density at radius 2 is 1.87 bits per heavy atom. The van der Waals surface area contributed by atoms with Gasteiger partial charge in [0, 0.05) is 12.2 Å². The SMILES string of the molecule is C=c1cccc/c1=C\NC1CCCCC1. The van der Waals surface area contributed by atoms with Crippen LogP contribution in [-0.2, 0) is 0 Å². The molecular formula is C14H19N. The van der Waals surface area contributed by atoms with Gasteiger partial charge in [-0.1, -0.05) is 50.1 Å². The molecule has 0 saturated heterocycles. The molecule has 1 aromatic rings. The average molecular weight is 201 g/mol. The summed E-state index contributed by atoms with van der Waals surface area (Å²) in [4.78, 5) is 0. The van der Waals surface area contributed by atoms with E-state index in [-0.39, 0.29) is 0 Å². The van der Waals surface area contributed by atoms with Crippen molar-refractivity contribution < 1.29 is 0 Å². The number of nitrogens with one attached hydrogen (secondary N) is 1. The van der Waals surface area contributed by atoms with Crippen molar-refractivity contribution in [1.29, 1.82) is 0 Å². The zero-order valence-electron chi connectivity index (χ0n) is 9.21. The fourth-order valence-corrected chi connectivity index (χ4v) is 2.15. The molecule has 0 aromatic heterocycles. The molecule has 0 unspecified atom stereocenters. The van der Waals surface area contributed by atoms with E-state index in [0.29, 0.717) is 6.04 Å². The lowest BCUT2D eigenvalue weighted by molar-refractivity contribution is 0.412. The van der Waals surface area contributed by atoms with Crippen LogP contribution in [0.3, 0.4) is 0 Å². The fraction of sp³-hybridized carbons (Fsp3) is 0.429. The van der Waals surface area contributed by atoms with Crippen molar-refractivity contribution in [1.82, 2.24) is 5.32 Å². The second-order valence-electron chi connectivity index (χ2n) is 4.34. The molecule has 1 saturated carbocycles. The number of hydrogen-bond acceptors (Lipinski definition) is 1. The maximum Gasteiger partial charge on any atom is 0.0255 e. The molecule has 0 bridgehead atoms. The van der Waals surface area contributed by atoms with Crippen molar-refractivity contribution in [3.8, 4) is 0 Å². The summed E-state index contributed by atoms with van der Waals surface area (Å²) >= 11 is 0. The first-order valence-corrected chi connectivity index (χ1v) is 5.86. The molecule has 2 rings (SSSR count). The Balaban J connectivity index is 2.04. The molecule has 0 spiro atoms. The maximum absolute atomic E-state index is 4.01. The molecule has 1 aliphatic rings. The number of hydrogen-bond donors (Lipinski definition) is 1. The van der Waals surface area contributed by atoms with Gasteiger partial charge in [0.15, 0.2) is 0 Å². The van der Waals surface area contributed by atoms with Gasteiger partial charge in [-0.3, -0.25) is 0 Å². The topological polar surface area (TPSA) is 12.0 Å². The summed E-state index contributed by atoms with van der Waals surface area (Å²) in [5.74, 6) is 0. The van der Waals surface area contributed by atoms with Crippen LogP contribution in [-0.4, -0.2) is 6.04 Å². The lowest BCUT2D eigenvalue weighted by Crippen LogP contribution is -2.31. The molecule has 1 aromatic carbocycles. The Morgan fingerprint density at radius 1 is 1.13 bits per heavy atom. The van der Waals surface area contributed by atoms with Gasteiger partial charge in [-0.15, -0.1) is 0 Å². The van der Waals surface area contributed by atoms with Crippen LogP contribution in [0.25, 0.3) is 12.8 Å². The summed E-state index contributed by atoms with van der Waals surface area (Å²) in [6.45, 7) is 4.01. The third-order valence-electron chi connectivity index (χ3n) is 3.13. The van der Waals surface area contributed by atoms with E-state index < -0.39 is 0 Å². The molecule has 0 aliphatic heterocycles. The predicted octanol–water partition coefficient (Wildman–Crippen LogP) is 1.76. The van der Waals surface area contributed by atoms with Gasteiger partial charge in [0.25, 0.3) is 0 Å². The Labute approximate surface area is 91.5 Å². The highest BCUT2D eigenvalue weighted by Crippen LogP contribution is 2.16. The molecule has 1 aliphatic carbocycles. The van der Waals surface area contributed by atoms with Crippen LogP contribution >= 0.6 is 0 Å². The minimum atomic E-state index is 0.679. The van der Waals surface area contributed by atoms with E-state index in [2.05, 4.69) is 30.2 Å². The normalized spacial score (nSPS) is 19.1. The van der Waals surface area contributed by atoms with Gasteiger partial charge in [-0.25, -0.2) is 0 Å². The van der Waals surface area contributed by atoms with Crippen molar-refractivity contribution in [2.45, 2.75) is 38.1 Å². The van der Waals surface area contributed by atoms with Gasteiger partial charge in [0.2, 0.25) is 0 Å². The molecule has 15 heavy (non-hydrogen) atoms. The second kappa shape index (κ2) is 5.01. The van der Waals surface area contributed by atoms with Gasteiger partial charge in [-0.2, -0.15) is 0 Å². The minimum Gasteiger partial charge on any atom is -0.388 e. The third-order valence-corrected chi connectivity index (χ3v) is 3.13. The van der Waals surface area contributed by atoms with E-state index in [4.69, 9.17) is 0 Å². The van der Waals surface area contributed by atoms with Gasteiger partial charge < -0.3 is 5.32 Å². The predicted molar refractivity (Wildman–Crippen MR) is 65.7 cm³/mol. The number of rotatable bonds is 2. The molecule has 0 amide bonds. The second-order valence-corrected chi connectivity index (χ2v) is 4.34. The van der Waals surface area contributed by atoms with Gasteiger partial charge in [-0.05, 0) is 23.3 Å². The zero-order chi connectivity index (χ0) is 10.5. The third kappa shape index (κ3) is 2.85. The summed E-state index contributed by atoms with van der Waals surface area (Å²) in [5.41, 5.74) is 0. The van der Waals surface area contributed by atoms with Gasteiger partial charge in [0.1, 0.15) is 0 Å². The van der Waals surface area contributed by atoms with Gasteiger partial charge in [0.05, 0.1) is 0 Å². The van der Waals surface area contributed by atoms with Crippen LogP contribution < -0.4 is 15.8 Å². The Kier molecular flexibility index (Phi) is 3.44. The molecule has 0 radical (unpaired) electrons. The molecule has 1 fully saturated rings. The first-order valence-electron chi connectivity index (χ1n) is 5.86. The average Bonchev–Trinajstić information content (AvgIpc) is 2.29. The molecule has 1 nitrogen and oxygen atoms in total. The van der Waals surface area contributed by atoms with Crippen molar-refractivity contribution in [3.05, 3.63) is 34.7 Å². The standard InChI is InChI=1S/C14H19N/c1-12-7-5-6-8-13(12)11-15-14-9-3-2-4-10-14/h5-8,11,14-15H,1-4,9-10H2/b13-11+. The van der Waals surface area contributed by atoms with Crippen LogP contribution in [0.15, 0.2) is 24.3 Å². The van der Waals surface area contributed by atoms with E-state index in [0.717, 1.165) is 5.22 Å². The number of benzene rings is 1. The van der Waals surface area contributed by atoms with Crippen LogP contribution in [0, 0.1) is 0 Å². The van der Waals surface area contributed by atoms with Gasteiger partial charge >= 0.3 is 0 Å². The van der Waals surface area contributed by atoms with Crippen molar-refractivity contribution >= 4 is 12.8 Å². The Bertz CT molecular complexity index is 402. The zero-order valence-corrected chi connectivity index (χ0v) is 9.21. The summed E-state index contributed by atoms with van der Waals surface area (Å²) in [6.07, 6.45) is 8.91. The van der Waals surface area contributed by atoms with Crippen LogP contribution in [0.5, 0.6) is 0 Å². The fourth-order valence-electron chi connectivity index (χ4n) is 2.15. The van der Waals surface area contributed by atoms with Crippen LogP contribution in [0.2, 0.25) is 0 Å². The summed E-state index contributed by atoms with van der Waals surface area (Å²) in [6, 6.07) is 8.92. The highest BCUT2D eigenvalue weighted by atomic mass is 14.9. The molecule has 1 heteroatoms. The highest BCUT2D eigenvalue weighted by Gasteiger charge is 2.10. The quantitative estimate of drug-likeness (QED) is 0.769. The van der Waals surface area contributed by atoms with Crippen LogP contribution in [0.4, 0.5) is 0 Å². The summed E-state index contributed by atoms with van der Waals surface area (Å²) in [7, 11) is 0. The molecule has 80 valence electrons. The lowest BCUT2D eigenvalue weighted by atomic mass is 9.96. The monoisotopic (exact) mass is 201 g/mol. The summed E-state index contributed by atoms with van der Waals surface area (Å²) < 4.78 is 0. The molecular weight excluding hydrogens is 182 g/mol. The Hall–Kier alpha value is -1.24. The Morgan fingerprint density at radius 3 is 2.60 bits per heavy atom.